The van der Waals surface area contributed by atoms with Gasteiger partial charge in [0.25, 0.3) is 15.9 Å². The maximum atomic E-state index is 12.9. The SMILES string of the molecule is Cc1ccc(S(=O)(=O)Nc2ccccc2C(=O)Nc2nc(-c3ccccc3)cs2)cc1. The molecule has 3 aromatic carbocycles. The number of carbonyl (C=O) groups is 1. The van der Waals surface area contributed by atoms with Crippen LogP contribution in [0.25, 0.3) is 11.3 Å². The number of rotatable bonds is 6. The molecule has 0 aliphatic heterocycles. The summed E-state index contributed by atoms with van der Waals surface area (Å²) in [4.78, 5) is 17.4. The quantitative estimate of drug-likeness (QED) is 0.425. The van der Waals surface area contributed by atoms with Crippen molar-refractivity contribution in [3.63, 3.8) is 0 Å². The number of para-hydroxylation sites is 1. The van der Waals surface area contributed by atoms with Crippen LogP contribution in [0.3, 0.4) is 0 Å². The topological polar surface area (TPSA) is 88.2 Å². The van der Waals surface area contributed by atoms with Crippen molar-refractivity contribution in [1.29, 1.82) is 0 Å². The Bertz CT molecular complexity index is 1320. The highest BCUT2D eigenvalue weighted by molar-refractivity contribution is 7.92. The van der Waals surface area contributed by atoms with Crippen molar-refractivity contribution in [3.8, 4) is 11.3 Å². The number of hydrogen-bond acceptors (Lipinski definition) is 5. The summed E-state index contributed by atoms with van der Waals surface area (Å²) in [7, 11) is -3.83. The molecule has 0 fully saturated rings. The monoisotopic (exact) mass is 449 g/mol. The zero-order chi connectivity index (χ0) is 21.8. The molecule has 8 heteroatoms. The molecule has 0 radical (unpaired) electrons. The lowest BCUT2D eigenvalue weighted by Gasteiger charge is -2.12. The van der Waals surface area contributed by atoms with Crippen molar-refractivity contribution in [2.75, 3.05) is 10.0 Å². The Morgan fingerprint density at radius 2 is 1.58 bits per heavy atom. The molecule has 2 N–H and O–H groups in total. The van der Waals surface area contributed by atoms with Crippen LogP contribution in [0, 0.1) is 6.92 Å². The molecule has 0 atom stereocenters. The van der Waals surface area contributed by atoms with Crippen LogP contribution < -0.4 is 10.0 Å². The number of aryl methyl sites for hydroxylation is 1. The fourth-order valence-electron chi connectivity index (χ4n) is 2.93. The Morgan fingerprint density at radius 3 is 2.32 bits per heavy atom. The molecule has 1 amide bonds. The molecule has 0 aliphatic rings. The number of hydrogen-bond donors (Lipinski definition) is 2. The summed E-state index contributed by atoms with van der Waals surface area (Å²) in [6, 6.07) is 22.6. The van der Waals surface area contributed by atoms with Crippen molar-refractivity contribution in [1.82, 2.24) is 4.98 Å². The van der Waals surface area contributed by atoms with Gasteiger partial charge in [0.1, 0.15) is 0 Å². The molecule has 0 unspecified atom stereocenters. The molecule has 0 saturated heterocycles. The number of nitrogens with one attached hydrogen (secondary N) is 2. The van der Waals surface area contributed by atoms with E-state index in [9.17, 15) is 13.2 Å². The number of anilines is 2. The first-order chi connectivity index (χ1) is 14.9. The third-order valence-corrected chi connectivity index (χ3v) is 6.68. The standard InChI is InChI=1S/C23H19N3O3S2/c1-16-11-13-18(14-12-16)31(28,29)26-20-10-6-5-9-19(20)22(27)25-23-24-21(15-30-23)17-7-3-2-4-8-17/h2-15,26H,1H3,(H,24,25,27). The predicted octanol–water partition coefficient (Wildman–Crippen LogP) is 5.17. The van der Waals surface area contributed by atoms with Crippen molar-refractivity contribution in [2.45, 2.75) is 11.8 Å². The second-order valence-corrected chi connectivity index (χ2v) is 9.36. The first-order valence-corrected chi connectivity index (χ1v) is 11.8. The largest absolute Gasteiger partial charge is 0.298 e. The van der Waals surface area contributed by atoms with Gasteiger partial charge in [-0.05, 0) is 31.2 Å². The van der Waals surface area contributed by atoms with Crippen molar-refractivity contribution < 1.29 is 13.2 Å². The number of nitrogens with zero attached hydrogens (tertiary/aromatic N) is 1. The Kier molecular flexibility index (Phi) is 5.83. The third-order valence-electron chi connectivity index (χ3n) is 4.54. The van der Waals surface area contributed by atoms with E-state index in [4.69, 9.17) is 0 Å². The summed E-state index contributed by atoms with van der Waals surface area (Å²) >= 11 is 1.30. The number of benzene rings is 3. The minimum absolute atomic E-state index is 0.126. The molecule has 0 spiro atoms. The van der Waals surface area contributed by atoms with E-state index in [1.165, 1.54) is 23.5 Å². The smallest absolute Gasteiger partial charge is 0.261 e. The van der Waals surface area contributed by atoms with Gasteiger partial charge < -0.3 is 0 Å². The molecule has 0 bridgehead atoms. The average molecular weight is 450 g/mol. The van der Waals surface area contributed by atoms with E-state index in [1.54, 1.807) is 36.4 Å². The molecule has 0 saturated carbocycles. The molecule has 4 aromatic rings. The van der Waals surface area contributed by atoms with Crippen LogP contribution in [-0.2, 0) is 10.0 Å². The minimum atomic E-state index is -3.83. The second kappa shape index (κ2) is 8.71. The zero-order valence-corrected chi connectivity index (χ0v) is 18.2. The summed E-state index contributed by atoms with van der Waals surface area (Å²) < 4.78 is 28.0. The molecule has 1 heterocycles. The van der Waals surface area contributed by atoms with Gasteiger partial charge >= 0.3 is 0 Å². The highest BCUT2D eigenvalue weighted by Gasteiger charge is 2.19. The summed E-state index contributed by atoms with van der Waals surface area (Å²) in [6.45, 7) is 1.88. The van der Waals surface area contributed by atoms with Crippen molar-refractivity contribution in [3.05, 3.63) is 95.4 Å². The Balaban J connectivity index is 1.55. The van der Waals surface area contributed by atoms with Gasteiger partial charge in [0.15, 0.2) is 5.13 Å². The number of aromatic nitrogens is 1. The second-order valence-electron chi connectivity index (χ2n) is 6.82. The maximum Gasteiger partial charge on any atom is 0.261 e. The van der Waals surface area contributed by atoms with Gasteiger partial charge in [-0.2, -0.15) is 0 Å². The van der Waals surface area contributed by atoms with E-state index < -0.39 is 15.9 Å². The number of amides is 1. The maximum absolute atomic E-state index is 12.9. The van der Waals surface area contributed by atoms with Crippen LogP contribution in [0.2, 0.25) is 0 Å². The van der Waals surface area contributed by atoms with E-state index in [0.717, 1.165) is 16.8 Å². The Morgan fingerprint density at radius 1 is 0.903 bits per heavy atom. The van der Waals surface area contributed by atoms with Gasteiger partial charge in [0, 0.05) is 10.9 Å². The average Bonchev–Trinajstić information content (AvgIpc) is 3.23. The fraction of sp³-hybridized carbons (Fsp3) is 0.0435. The summed E-state index contributed by atoms with van der Waals surface area (Å²) in [6.07, 6.45) is 0. The van der Waals surface area contributed by atoms with Gasteiger partial charge in [-0.3, -0.25) is 14.8 Å². The first kappa shape index (κ1) is 20.8. The predicted molar refractivity (Wildman–Crippen MR) is 124 cm³/mol. The number of sulfonamides is 1. The van der Waals surface area contributed by atoms with Gasteiger partial charge in [0.2, 0.25) is 0 Å². The molecule has 4 rings (SSSR count). The highest BCUT2D eigenvalue weighted by Crippen LogP contribution is 2.26. The van der Waals surface area contributed by atoms with Gasteiger partial charge in [-0.25, -0.2) is 13.4 Å². The van der Waals surface area contributed by atoms with Crippen molar-refractivity contribution in [2.24, 2.45) is 0 Å². The van der Waals surface area contributed by atoms with E-state index in [2.05, 4.69) is 15.0 Å². The lowest BCUT2D eigenvalue weighted by atomic mass is 10.2. The fourth-order valence-corrected chi connectivity index (χ4v) is 4.72. The summed E-state index contributed by atoms with van der Waals surface area (Å²) in [5.41, 5.74) is 3.06. The molecule has 31 heavy (non-hydrogen) atoms. The van der Waals surface area contributed by atoms with Crippen LogP contribution in [-0.4, -0.2) is 19.3 Å². The zero-order valence-electron chi connectivity index (χ0n) is 16.6. The van der Waals surface area contributed by atoms with Gasteiger partial charge in [-0.15, -0.1) is 11.3 Å². The van der Waals surface area contributed by atoms with E-state index in [1.807, 2.05) is 42.6 Å². The van der Waals surface area contributed by atoms with E-state index in [0.29, 0.717) is 5.13 Å². The van der Waals surface area contributed by atoms with Crippen LogP contribution in [0.5, 0.6) is 0 Å². The molecule has 6 nitrogen and oxygen atoms in total. The number of thiazole rings is 1. The van der Waals surface area contributed by atoms with Crippen LogP contribution in [0.15, 0.2) is 89.1 Å². The lowest BCUT2D eigenvalue weighted by molar-refractivity contribution is 0.102. The van der Waals surface area contributed by atoms with Gasteiger partial charge in [0.05, 0.1) is 21.8 Å². The molecule has 1 aromatic heterocycles. The first-order valence-electron chi connectivity index (χ1n) is 9.43. The van der Waals surface area contributed by atoms with E-state index in [-0.39, 0.29) is 16.1 Å². The Hall–Kier alpha value is -3.49. The molecular formula is C23H19N3O3S2. The van der Waals surface area contributed by atoms with Crippen LogP contribution in [0.1, 0.15) is 15.9 Å². The molecular weight excluding hydrogens is 430 g/mol. The molecule has 0 aliphatic carbocycles. The van der Waals surface area contributed by atoms with E-state index >= 15 is 0 Å². The highest BCUT2D eigenvalue weighted by atomic mass is 32.2. The van der Waals surface area contributed by atoms with Crippen LogP contribution >= 0.6 is 11.3 Å². The lowest BCUT2D eigenvalue weighted by Crippen LogP contribution is -2.18. The summed E-state index contributed by atoms with van der Waals surface area (Å²) in [5, 5.41) is 5.04. The number of carbonyl (C=O) groups excluding carboxylic acids is 1. The summed E-state index contributed by atoms with van der Waals surface area (Å²) in [5.74, 6) is -0.448. The normalized spacial score (nSPS) is 11.1. The Labute approximate surface area is 184 Å². The molecule has 156 valence electrons. The third kappa shape index (κ3) is 4.82. The van der Waals surface area contributed by atoms with Crippen LogP contribution in [0.4, 0.5) is 10.8 Å². The van der Waals surface area contributed by atoms with Crippen molar-refractivity contribution >= 4 is 38.1 Å². The van der Waals surface area contributed by atoms with Gasteiger partial charge in [-0.1, -0.05) is 60.2 Å². The minimum Gasteiger partial charge on any atom is -0.298 e.